The number of fused-ring (bicyclic) bond motifs is 1. The van der Waals surface area contributed by atoms with Gasteiger partial charge in [-0.2, -0.15) is 0 Å². The number of ether oxygens (including phenoxy) is 1. The minimum atomic E-state index is -0.270. The molecule has 2 aromatic heterocycles. The molecule has 1 aliphatic heterocycles. The summed E-state index contributed by atoms with van der Waals surface area (Å²) >= 11 is 0. The minimum absolute atomic E-state index is 0.0239. The van der Waals surface area contributed by atoms with Gasteiger partial charge in [0.1, 0.15) is 5.75 Å². The van der Waals surface area contributed by atoms with Crippen molar-refractivity contribution in [2.75, 3.05) is 30.9 Å². The second kappa shape index (κ2) is 8.23. The number of rotatable bonds is 6. The fraction of sp³-hybridized carbons (Fsp3) is 0.333. The largest absolute Gasteiger partial charge is 0.496 e. The zero-order chi connectivity index (χ0) is 23.1. The molecule has 3 N–H and O–H groups in total. The maximum absolute atomic E-state index is 12.5. The summed E-state index contributed by atoms with van der Waals surface area (Å²) in [6.07, 6.45) is 4.63. The lowest BCUT2D eigenvalue weighted by atomic mass is 10.1. The van der Waals surface area contributed by atoms with Crippen LogP contribution < -0.4 is 20.3 Å². The van der Waals surface area contributed by atoms with Gasteiger partial charge >= 0.3 is 0 Å². The van der Waals surface area contributed by atoms with Crippen molar-refractivity contribution in [2.45, 2.75) is 25.7 Å². The molecule has 0 unspecified atom stereocenters. The van der Waals surface area contributed by atoms with E-state index >= 15 is 0 Å². The standard InChI is InChI=1S/C24H25N5O4/c1-25-24(32)17-12-26-22(28-23(31)13-5-6-13)21-16(17)11-18(27-21)15-8-7-14(10-19(15)33-2)29-9-3-4-20(29)30/h7-8,10-13,27H,3-6,9H2,1-2H3,(H,25,32)(H,26,28,31). The highest BCUT2D eigenvalue weighted by molar-refractivity contribution is 6.11. The van der Waals surface area contributed by atoms with Gasteiger partial charge in [-0.05, 0) is 37.5 Å². The number of aromatic amines is 1. The first-order valence-electron chi connectivity index (χ1n) is 11.0. The molecule has 0 atom stereocenters. The lowest BCUT2D eigenvalue weighted by Crippen LogP contribution is -2.23. The Kier molecular flexibility index (Phi) is 5.24. The van der Waals surface area contributed by atoms with Crippen LogP contribution in [0.25, 0.3) is 22.2 Å². The highest BCUT2D eigenvalue weighted by Crippen LogP contribution is 2.38. The number of carbonyl (C=O) groups excluding carboxylic acids is 3. The number of anilines is 2. The summed E-state index contributed by atoms with van der Waals surface area (Å²) in [7, 11) is 3.14. The van der Waals surface area contributed by atoms with E-state index in [9.17, 15) is 14.4 Å². The molecule has 2 fully saturated rings. The van der Waals surface area contributed by atoms with Crippen molar-refractivity contribution in [3.63, 3.8) is 0 Å². The molecule has 170 valence electrons. The molecular weight excluding hydrogens is 422 g/mol. The molecule has 9 nitrogen and oxygen atoms in total. The third kappa shape index (κ3) is 3.79. The van der Waals surface area contributed by atoms with Gasteiger partial charge in [-0.15, -0.1) is 0 Å². The summed E-state index contributed by atoms with van der Waals surface area (Å²) in [6, 6.07) is 7.48. The second-order valence-corrected chi connectivity index (χ2v) is 8.37. The van der Waals surface area contributed by atoms with Gasteiger partial charge in [0, 0.05) is 54.8 Å². The van der Waals surface area contributed by atoms with Crippen molar-refractivity contribution >= 4 is 40.1 Å². The third-order valence-electron chi connectivity index (χ3n) is 6.19. The van der Waals surface area contributed by atoms with Crippen LogP contribution in [0.2, 0.25) is 0 Å². The molecule has 0 spiro atoms. The van der Waals surface area contributed by atoms with Crippen molar-refractivity contribution in [1.29, 1.82) is 0 Å². The normalized spacial score (nSPS) is 15.7. The fourth-order valence-corrected chi connectivity index (χ4v) is 4.23. The molecule has 33 heavy (non-hydrogen) atoms. The van der Waals surface area contributed by atoms with Gasteiger partial charge in [0.15, 0.2) is 5.82 Å². The maximum Gasteiger partial charge on any atom is 0.253 e. The number of pyridine rings is 1. The molecule has 1 aliphatic carbocycles. The van der Waals surface area contributed by atoms with E-state index in [0.717, 1.165) is 30.5 Å². The van der Waals surface area contributed by atoms with E-state index < -0.39 is 0 Å². The Balaban J connectivity index is 1.59. The molecule has 1 saturated carbocycles. The smallest absolute Gasteiger partial charge is 0.253 e. The summed E-state index contributed by atoms with van der Waals surface area (Å²) in [5.74, 6) is 0.775. The summed E-state index contributed by atoms with van der Waals surface area (Å²) in [5, 5.41) is 6.17. The van der Waals surface area contributed by atoms with E-state index in [1.165, 1.54) is 6.20 Å². The molecule has 0 bridgehead atoms. The van der Waals surface area contributed by atoms with E-state index in [1.54, 1.807) is 19.1 Å². The van der Waals surface area contributed by atoms with Crippen molar-refractivity contribution in [2.24, 2.45) is 5.92 Å². The molecule has 1 aromatic carbocycles. The maximum atomic E-state index is 12.5. The van der Waals surface area contributed by atoms with Crippen LogP contribution in [0, 0.1) is 5.92 Å². The van der Waals surface area contributed by atoms with Gasteiger partial charge in [-0.3, -0.25) is 14.4 Å². The van der Waals surface area contributed by atoms with Crippen LogP contribution in [0.3, 0.4) is 0 Å². The van der Waals surface area contributed by atoms with Gasteiger partial charge < -0.3 is 25.3 Å². The summed E-state index contributed by atoms with van der Waals surface area (Å²) < 4.78 is 5.64. The number of amides is 3. The SMILES string of the molecule is CNC(=O)c1cnc(NC(=O)C2CC2)c2[nH]c(-c3ccc(N4CCCC4=O)cc3OC)cc12. The molecular formula is C24H25N5O4. The topological polar surface area (TPSA) is 116 Å². The molecule has 1 saturated heterocycles. The number of methoxy groups -OCH3 is 1. The predicted molar refractivity (Wildman–Crippen MR) is 124 cm³/mol. The second-order valence-electron chi connectivity index (χ2n) is 8.37. The molecule has 3 amide bonds. The summed E-state index contributed by atoms with van der Waals surface area (Å²) in [5.41, 5.74) is 3.24. The first-order chi connectivity index (χ1) is 16.0. The number of hydrogen-bond acceptors (Lipinski definition) is 5. The highest BCUT2D eigenvalue weighted by Gasteiger charge is 2.31. The van der Waals surface area contributed by atoms with Gasteiger partial charge in [-0.1, -0.05) is 0 Å². The Bertz CT molecular complexity index is 1280. The fourth-order valence-electron chi connectivity index (χ4n) is 4.23. The molecule has 0 radical (unpaired) electrons. The van der Waals surface area contributed by atoms with E-state index in [0.29, 0.717) is 46.7 Å². The average molecular weight is 447 g/mol. The zero-order valence-electron chi connectivity index (χ0n) is 18.5. The third-order valence-corrected chi connectivity index (χ3v) is 6.19. The zero-order valence-corrected chi connectivity index (χ0v) is 18.5. The van der Waals surface area contributed by atoms with Gasteiger partial charge in [-0.25, -0.2) is 4.98 Å². The Morgan fingerprint density at radius 1 is 1.24 bits per heavy atom. The quantitative estimate of drug-likeness (QED) is 0.537. The van der Waals surface area contributed by atoms with Crippen LogP contribution in [0.5, 0.6) is 5.75 Å². The van der Waals surface area contributed by atoms with Crippen LogP contribution in [0.4, 0.5) is 11.5 Å². The number of hydrogen-bond donors (Lipinski definition) is 3. The van der Waals surface area contributed by atoms with Crippen LogP contribution in [0.15, 0.2) is 30.5 Å². The lowest BCUT2D eigenvalue weighted by Gasteiger charge is -2.18. The average Bonchev–Trinajstić information content (AvgIpc) is 3.45. The number of aromatic nitrogens is 2. The Hall–Kier alpha value is -3.88. The van der Waals surface area contributed by atoms with Gasteiger partial charge in [0.2, 0.25) is 11.8 Å². The number of carbonyl (C=O) groups is 3. The summed E-state index contributed by atoms with van der Waals surface area (Å²) in [4.78, 5) is 46.4. The summed E-state index contributed by atoms with van der Waals surface area (Å²) in [6.45, 7) is 0.693. The Labute approximate surface area is 190 Å². The van der Waals surface area contributed by atoms with Crippen LogP contribution in [-0.2, 0) is 9.59 Å². The van der Waals surface area contributed by atoms with E-state index in [-0.39, 0.29) is 23.6 Å². The number of nitrogens with zero attached hydrogens (tertiary/aromatic N) is 2. The van der Waals surface area contributed by atoms with E-state index in [2.05, 4.69) is 20.6 Å². The van der Waals surface area contributed by atoms with Gasteiger partial charge in [0.05, 0.1) is 23.9 Å². The molecule has 3 heterocycles. The van der Waals surface area contributed by atoms with Crippen molar-refractivity contribution < 1.29 is 19.1 Å². The van der Waals surface area contributed by atoms with Crippen LogP contribution in [-0.4, -0.2) is 48.4 Å². The first kappa shape index (κ1) is 21.0. The molecule has 9 heteroatoms. The number of benzene rings is 1. The van der Waals surface area contributed by atoms with Crippen molar-refractivity contribution in [3.05, 3.63) is 36.0 Å². The minimum Gasteiger partial charge on any atom is -0.496 e. The van der Waals surface area contributed by atoms with Crippen molar-refractivity contribution in [1.82, 2.24) is 15.3 Å². The van der Waals surface area contributed by atoms with E-state index in [4.69, 9.17) is 4.74 Å². The Morgan fingerprint density at radius 3 is 2.73 bits per heavy atom. The van der Waals surface area contributed by atoms with Crippen LogP contribution in [0.1, 0.15) is 36.0 Å². The Morgan fingerprint density at radius 2 is 2.06 bits per heavy atom. The van der Waals surface area contributed by atoms with Crippen molar-refractivity contribution in [3.8, 4) is 17.0 Å². The van der Waals surface area contributed by atoms with E-state index in [1.807, 2.05) is 24.3 Å². The van der Waals surface area contributed by atoms with Crippen LogP contribution >= 0.6 is 0 Å². The molecule has 5 rings (SSSR count). The first-order valence-corrected chi connectivity index (χ1v) is 11.0. The monoisotopic (exact) mass is 447 g/mol. The predicted octanol–water partition coefficient (Wildman–Crippen LogP) is 3.07. The highest BCUT2D eigenvalue weighted by atomic mass is 16.5. The number of H-pyrrole nitrogens is 1. The number of nitrogens with one attached hydrogen (secondary N) is 3. The molecule has 2 aliphatic rings. The molecule has 3 aromatic rings. The van der Waals surface area contributed by atoms with Gasteiger partial charge in [0.25, 0.3) is 5.91 Å². The lowest BCUT2D eigenvalue weighted by molar-refractivity contribution is -0.118.